The van der Waals surface area contributed by atoms with Gasteiger partial charge in [0.2, 0.25) is 0 Å². The van der Waals surface area contributed by atoms with Gasteiger partial charge in [-0.25, -0.2) is 0 Å². The van der Waals surface area contributed by atoms with E-state index in [0.29, 0.717) is 4.88 Å². The molecule has 110 valence electrons. The third-order valence-corrected chi connectivity index (χ3v) is 5.32. The topological polar surface area (TPSA) is 75.6 Å². The zero-order valence-electron chi connectivity index (χ0n) is 11.2. The number of aryl methyl sites for hydroxylation is 1. The number of fused-ring (bicyclic) bond motifs is 1. The molecule has 0 saturated heterocycles. The average molecular weight is 315 g/mol. The van der Waals surface area contributed by atoms with Crippen LogP contribution < -0.4 is 5.32 Å². The Morgan fingerprint density at radius 3 is 3.00 bits per heavy atom. The van der Waals surface area contributed by atoms with Crippen LogP contribution in [-0.4, -0.2) is 42.5 Å². The van der Waals surface area contributed by atoms with Crippen LogP contribution in [-0.2, 0) is 21.7 Å². The van der Waals surface area contributed by atoms with Gasteiger partial charge in [0, 0.05) is 24.3 Å². The summed E-state index contributed by atoms with van der Waals surface area (Å²) < 4.78 is 5.03. The number of hydrogen-bond acceptors (Lipinski definition) is 5. The molecular formula is C13H17NO4S2. The zero-order valence-corrected chi connectivity index (χ0v) is 12.8. The zero-order chi connectivity index (χ0) is 14.5. The van der Waals surface area contributed by atoms with E-state index in [2.05, 4.69) is 5.32 Å². The number of hydrogen-bond donors (Lipinski definition) is 2. The molecule has 1 aliphatic heterocycles. The first-order valence-electron chi connectivity index (χ1n) is 6.32. The molecule has 0 bridgehead atoms. The Bertz CT molecular complexity index is 477. The summed E-state index contributed by atoms with van der Waals surface area (Å²) in [7, 11) is 1.45. The molecule has 1 aliphatic rings. The lowest BCUT2D eigenvalue weighted by Gasteiger charge is -2.13. The van der Waals surface area contributed by atoms with Gasteiger partial charge >= 0.3 is 5.97 Å². The third-order valence-electron chi connectivity index (χ3n) is 3.08. The van der Waals surface area contributed by atoms with Crippen molar-refractivity contribution < 1.29 is 19.4 Å². The smallest absolute Gasteiger partial charge is 0.306 e. The van der Waals surface area contributed by atoms with Gasteiger partial charge in [0.05, 0.1) is 17.4 Å². The maximum Gasteiger partial charge on any atom is 0.306 e. The Labute approximate surface area is 125 Å². The lowest BCUT2D eigenvalue weighted by atomic mass is 10.2. The Kier molecular flexibility index (Phi) is 5.45. The van der Waals surface area contributed by atoms with Gasteiger partial charge in [0.25, 0.3) is 5.91 Å². The van der Waals surface area contributed by atoms with Gasteiger partial charge in [-0.3, -0.25) is 9.59 Å². The molecular weight excluding hydrogens is 298 g/mol. The standard InChI is InChI=1S/C13H17NO4S2/c1-18-9(5-12(15)16)6-14-13(17)11-4-8-7-19-3-2-10(8)20-11/h4,9H,2-3,5-7H2,1H3,(H,14,17)(H,15,16). The van der Waals surface area contributed by atoms with Gasteiger partial charge in [0.1, 0.15) is 0 Å². The van der Waals surface area contributed by atoms with Crippen LogP contribution in [0.3, 0.4) is 0 Å². The number of carbonyl (C=O) groups is 2. The number of carbonyl (C=O) groups excluding carboxylic acids is 1. The summed E-state index contributed by atoms with van der Waals surface area (Å²) in [5.74, 6) is 0.995. The van der Waals surface area contributed by atoms with Crippen molar-refractivity contribution in [1.82, 2.24) is 5.32 Å². The van der Waals surface area contributed by atoms with E-state index < -0.39 is 12.1 Å². The van der Waals surface area contributed by atoms with Crippen molar-refractivity contribution in [2.45, 2.75) is 24.7 Å². The van der Waals surface area contributed by atoms with Gasteiger partial charge in [-0.2, -0.15) is 11.8 Å². The maximum atomic E-state index is 12.1. The van der Waals surface area contributed by atoms with E-state index in [1.54, 1.807) is 0 Å². The van der Waals surface area contributed by atoms with Gasteiger partial charge < -0.3 is 15.2 Å². The van der Waals surface area contributed by atoms with Crippen LogP contribution in [0, 0.1) is 0 Å². The number of carboxylic acid groups (broad SMARTS) is 1. The van der Waals surface area contributed by atoms with E-state index in [1.165, 1.54) is 28.9 Å². The van der Waals surface area contributed by atoms with Crippen LogP contribution >= 0.6 is 23.1 Å². The van der Waals surface area contributed by atoms with Gasteiger partial charge in [0.15, 0.2) is 0 Å². The summed E-state index contributed by atoms with van der Waals surface area (Å²) >= 11 is 3.42. The number of aliphatic carboxylic acids is 1. The first-order chi connectivity index (χ1) is 9.60. The van der Waals surface area contributed by atoms with Crippen molar-refractivity contribution in [3.63, 3.8) is 0 Å². The number of carboxylic acids is 1. The molecule has 0 spiro atoms. The highest BCUT2D eigenvalue weighted by Crippen LogP contribution is 2.31. The summed E-state index contributed by atoms with van der Waals surface area (Å²) in [6.45, 7) is 0.207. The van der Waals surface area contributed by atoms with Crippen LogP contribution in [0.4, 0.5) is 0 Å². The highest BCUT2D eigenvalue weighted by atomic mass is 32.2. The van der Waals surface area contributed by atoms with Gasteiger partial charge in [-0.1, -0.05) is 0 Å². The quantitative estimate of drug-likeness (QED) is 0.836. The normalized spacial score (nSPS) is 15.4. The molecule has 0 aromatic carbocycles. The van der Waals surface area contributed by atoms with E-state index in [1.807, 2.05) is 17.8 Å². The Balaban J connectivity index is 1.91. The average Bonchev–Trinajstić information content (AvgIpc) is 2.86. The van der Waals surface area contributed by atoms with Gasteiger partial charge in [-0.05, 0) is 23.8 Å². The van der Waals surface area contributed by atoms with Crippen molar-refractivity contribution in [2.75, 3.05) is 19.4 Å². The SMILES string of the molecule is COC(CNC(=O)c1cc2c(s1)CCSC2)CC(=O)O. The molecule has 1 aromatic heterocycles. The molecule has 20 heavy (non-hydrogen) atoms. The number of thiophene rings is 1. The maximum absolute atomic E-state index is 12.1. The van der Waals surface area contributed by atoms with Crippen LogP contribution in [0.25, 0.3) is 0 Å². The van der Waals surface area contributed by atoms with Crippen LogP contribution in [0.5, 0.6) is 0 Å². The summed E-state index contributed by atoms with van der Waals surface area (Å²) in [4.78, 5) is 24.7. The molecule has 2 N–H and O–H groups in total. The lowest BCUT2D eigenvalue weighted by Crippen LogP contribution is -2.34. The van der Waals surface area contributed by atoms with Crippen molar-refractivity contribution in [3.8, 4) is 0 Å². The second kappa shape index (κ2) is 7.10. The minimum Gasteiger partial charge on any atom is -0.481 e. The first kappa shape index (κ1) is 15.3. The molecule has 2 heterocycles. The van der Waals surface area contributed by atoms with E-state index >= 15 is 0 Å². The van der Waals surface area contributed by atoms with Gasteiger partial charge in [-0.15, -0.1) is 11.3 Å². The van der Waals surface area contributed by atoms with Crippen molar-refractivity contribution in [3.05, 3.63) is 21.4 Å². The van der Waals surface area contributed by atoms with Crippen molar-refractivity contribution in [2.24, 2.45) is 0 Å². The highest BCUT2D eigenvalue weighted by Gasteiger charge is 2.19. The fourth-order valence-corrected chi connectivity index (χ4v) is 4.28. The molecule has 2 rings (SSSR count). The van der Waals surface area contributed by atoms with Crippen LogP contribution in [0.15, 0.2) is 6.07 Å². The molecule has 0 aliphatic carbocycles. The number of nitrogens with one attached hydrogen (secondary N) is 1. The number of ether oxygens (including phenoxy) is 1. The first-order valence-corrected chi connectivity index (χ1v) is 8.29. The molecule has 5 nitrogen and oxygen atoms in total. The fourth-order valence-electron chi connectivity index (χ4n) is 1.99. The Morgan fingerprint density at radius 1 is 1.55 bits per heavy atom. The molecule has 1 aromatic rings. The summed E-state index contributed by atoms with van der Waals surface area (Å²) in [5.41, 5.74) is 1.25. The molecule has 1 atom stereocenters. The van der Waals surface area contributed by atoms with Crippen LogP contribution in [0.1, 0.15) is 26.5 Å². The summed E-state index contributed by atoms with van der Waals surface area (Å²) in [5, 5.41) is 11.5. The fraction of sp³-hybridized carbons (Fsp3) is 0.538. The molecule has 7 heteroatoms. The largest absolute Gasteiger partial charge is 0.481 e. The summed E-state index contributed by atoms with van der Waals surface area (Å²) in [6, 6.07) is 1.94. The Morgan fingerprint density at radius 2 is 2.35 bits per heavy atom. The molecule has 1 unspecified atom stereocenters. The molecule has 0 saturated carbocycles. The monoisotopic (exact) mass is 315 g/mol. The Hall–Kier alpha value is -1.05. The minimum absolute atomic E-state index is 0.117. The van der Waals surface area contributed by atoms with E-state index in [-0.39, 0.29) is 18.9 Å². The lowest BCUT2D eigenvalue weighted by molar-refractivity contribution is -0.139. The predicted octanol–water partition coefficient (Wildman–Crippen LogP) is 1.76. The number of thioether (sulfide) groups is 1. The van der Waals surface area contributed by atoms with Crippen molar-refractivity contribution >= 4 is 35.0 Å². The molecule has 0 radical (unpaired) electrons. The number of rotatable bonds is 6. The minimum atomic E-state index is -0.935. The number of methoxy groups -OCH3 is 1. The third kappa shape index (κ3) is 3.97. The van der Waals surface area contributed by atoms with Crippen molar-refractivity contribution in [1.29, 1.82) is 0 Å². The van der Waals surface area contributed by atoms with Crippen LogP contribution in [0.2, 0.25) is 0 Å². The predicted molar refractivity (Wildman–Crippen MR) is 79.6 cm³/mol. The van der Waals surface area contributed by atoms with E-state index in [9.17, 15) is 9.59 Å². The second-order valence-electron chi connectivity index (χ2n) is 4.53. The molecule has 0 fully saturated rings. The highest BCUT2D eigenvalue weighted by molar-refractivity contribution is 7.98. The molecule has 1 amide bonds. The summed E-state index contributed by atoms with van der Waals surface area (Å²) in [6.07, 6.45) is 0.410. The van der Waals surface area contributed by atoms with E-state index in [0.717, 1.165) is 17.9 Å². The second-order valence-corrected chi connectivity index (χ2v) is 6.77. The number of amides is 1. The van der Waals surface area contributed by atoms with E-state index in [4.69, 9.17) is 9.84 Å².